The number of ether oxygens (including phenoxy) is 1. The molecule has 0 aliphatic heterocycles. The lowest BCUT2D eigenvalue weighted by atomic mass is 9.89. The predicted molar refractivity (Wildman–Crippen MR) is 129 cm³/mol. The zero-order chi connectivity index (χ0) is 21.6. The van der Waals surface area contributed by atoms with E-state index in [4.69, 9.17) is 4.74 Å². The molecule has 0 heterocycles. The highest BCUT2D eigenvalue weighted by atomic mass is 31.1. The molecule has 3 rings (SSSR count). The lowest BCUT2D eigenvalue weighted by Crippen LogP contribution is -2.25. The van der Waals surface area contributed by atoms with Crippen LogP contribution in [0.5, 0.6) is 5.75 Å². The van der Waals surface area contributed by atoms with E-state index in [9.17, 15) is 4.79 Å². The molecule has 2 nitrogen and oxygen atoms in total. The molecule has 0 radical (unpaired) electrons. The fraction of sp³-hybridized carbons (Fsp3) is 0.296. The van der Waals surface area contributed by atoms with Crippen molar-refractivity contribution in [3.05, 3.63) is 94.5 Å². The van der Waals surface area contributed by atoms with Crippen LogP contribution in [0.4, 0.5) is 0 Å². The Bertz CT molecular complexity index is 991. The third-order valence-electron chi connectivity index (χ3n) is 6.06. The van der Waals surface area contributed by atoms with Gasteiger partial charge in [0.15, 0.2) is 6.29 Å². The van der Waals surface area contributed by atoms with Gasteiger partial charge in [-0.2, -0.15) is 0 Å². The van der Waals surface area contributed by atoms with Crippen molar-refractivity contribution in [1.82, 2.24) is 0 Å². The van der Waals surface area contributed by atoms with Crippen LogP contribution in [-0.4, -0.2) is 13.4 Å². The van der Waals surface area contributed by atoms with Gasteiger partial charge < -0.3 is 4.74 Å². The number of aldehydes is 1. The standard InChI is InChI=1S/C27H31O2P/c1-5-27(6-2,30-26-20(3)12-10-16-23(26)19-28)24-17-11-15-22(25(24)29-4)18-21-13-8-7-9-14-21/h7-17,19,30H,5-6,18H2,1-4H3. The Morgan fingerprint density at radius 2 is 1.63 bits per heavy atom. The van der Waals surface area contributed by atoms with Crippen LogP contribution in [0.1, 0.15) is 59.3 Å². The van der Waals surface area contributed by atoms with Crippen LogP contribution in [0.25, 0.3) is 0 Å². The van der Waals surface area contributed by atoms with Gasteiger partial charge in [0.1, 0.15) is 5.75 Å². The maximum absolute atomic E-state index is 11.7. The smallest absolute Gasteiger partial charge is 0.150 e. The van der Waals surface area contributed by atoms with Gasteiger partial charge in [0, 0.05) is 22.7 Å². The molecule has 1 atom stereocenters. The minimum Gasteiger partial charge on any atom is -0.496 e. The van der Waals surface area contributed by atoms with Crippen molar-refractivity contribution in [3.8, 4) is 5.75 Å². The van der Waals surface area contributed by atoms with Gasteiger partial charge in [-0.3, -0.25) is 4.79 Å². The molecule has 0 amide bonds. The summed E-state index contributed by atoms with van der Waals surface area (Å²) in [6.45, 7) is 6.60. The summed E-state index contributed by atoms with van der Waals surface area (Å²) in [6.07, 6.45) is 3.81. The van der Waals surface area contributed by atoms with Crippen LogP contribution >= 0.6 is 8.58 Å². The van der Waals surface area contributed by atoms with E-state index in [0.717, 1.165) is 36.9 Å². The lowest BCUT2D eigenvalue weighted by Gasteiger charge is -2.35. The molecule has 0 N–H and O–H groups in total. The van der Waals surface area contributed by atoms with Crippen molar-refractivity contribution < 1.29 is 9.53 Å². The third-order valence-corrected chi connectivity index (χ3v) is 8.45. The molecule has 0 saturated carbocycles. The van der Waals surface area contributed by atoms with Gasteiger partial charge in [0.2, 0.25) is 0 Å². The molecule has 30 heavy (non-hydrogen) atoms. The summed E-state index contributed by atoms with van der Waals surface area (Å²) in [4.78, 5) is 11.7. The maximum Gasteiger partial charge on any atom is 0.150 e. The second-order valence-electron chi connectivity index (χ2n) is 7.73. The van der Waals surface area contributed by atoms with Crippen LogP contribution in [0.3, 0.4) is 0 Å². The predicted octanol–water partition coefficient (Wildman–Crippen LogP) is 6.43. The number of carbonyl (C=O) groups excluding carboxylic acids is 1. The highest BCUT2D eigenvalue weighted by molar-refractivity contribution is 7.49. The SMILES string of the molecule is CCC(CC)(Pc1c(C)cccc1C=O)c1cccc(Cc2ccccc2)c1OC. The first kappa shape index (κ1) is 22.2. The first-order valence-electron chi connectivity index (χ1n) is 10.6. The molecule has 3 heteroatoms. The van der Waals surface area contributed by atoms with Crippen LogP contribution in [-0.2, 0) is 11.6 Å². The fourth-order valence-electron chi connectivity index (χ4n) is 4.23. The Balaban J connectivity index is 2.10. The molecular formula is C27H31O2P. The first-order valence-corrected chi connectivity index (χ1v) is 11.6. The quantitative estimate of drug-likeness (QED) is 0.296. The van der Waals surface area contributed by atoms with Gasteiger partial charge in [0.05, 0.1) is 7.11 Å². The van der Waals surface area contributed by atoms with Crippen molar-refractivity contribution >= 4 is 20.2 Å². The summed E-state index contributed by atoms with van der Waals surface area (Å²) in [7, 11) is 2.28. The van der Waals surface area contributed by atoms with E-state index in [2.05, 4.69) is 69.3 Å². The second kappa shape index (κ2) is 10.0. The van der Waals surface area contributed by atoms with Crippen molar-refractivity contribution in [2.75, 3.05) is 7.11 Å². The monoisotopic (exact) mass is 418 g/mol. The number of hydrogen-bond acceptors (Lipinski definition) is 2. The fourth-order valence-corrected chi connectivity index (χ4v) is 5.96. The van der Waals surface area contributed by atoms with Crippen LogP contribution in [0.15, 0.2) is 66.7 Å². The number of hydrogen-bond donors (Lipinski definition) is 0. The van der Waals surface area contributed by atoms with E-state index in [-0.39, 0.29) is 5.16 Å². The normalized spacial score (nSPS) is 11.7. The van der Waals surface area contributed by atoms with Gasteiger partial charge in [-0.1, -0.05) is 89.2 Å². The van der Waals surface area contributed by atoms with Crippen LogP contribution in [0.2, 0.25) is 0 Å². The van der Waals surface area contributed by atoms with E-state index < -0.39 is 0 Å². The first-order chi connectivity index (χ1) is 14.6. The van der Waals surface area contributed by atoms with Crippen molar-refractivity contribution in [2.24, 2.45) is 0 Å². The lowest BCUT2D eigenvalue weighted by molar-refractivity contribution is 0.112. The minimum atomic E-state index is -0.0675. The minimum absolute atomic E-state index is 0.0675. The van der Waals surface area contributed by atoms with Gasteiger partial charge in [-0.25, -0.2) is 0 Å². The van der Waals surface area contributed by atoms with E-state index in [1.807, 2.05) is 18.2 Å². The van der Waals surface area contributed by atoms with Crippen molar-refractivity contribution in [1.29, 1.82) is 0 Å². The number of rotatable bonds is 9. The van der Waals surface area contributed by atoms with E-state index in [1.54, 1.807) is 7.11 Å². The zero-order valence-electron chi connectivity index (χ0n) is 18.4. The largest absolute Gasteiger partial charge is 0.496 e. The summed E-state index contributed by atoms with van der Waals surface area (Å²) in [5.41, 5.74) is 5.72. The van der Waals surface area contributed by atoms with E-state index >= 15 is 0 Å². The average molecular weight is 419 g/mol. The molecule has 0 aliphatic rings. The Kier molecular flexibility index (Phi) is 7.45. The summed E-state index contributed by atoms with van der Waals surface area (Å²) < 4.78 is 6.02. The molecule has 0 saturated heterocycles. The van der Waals surface area contributed by atoms with Gasteiger partial charge in [-0.05, 0) is 41.8 Å². The summed E-state index contributed by atoms with van der Waals surface area (Å²) in [5, 5.41) is 1.11. The maximum atomic E-state index is 11.7. The Hall–Kier alpha value is -2.44. The molecule has 0 fully saturated rings. The van der Waals surface area contributed by atoms with E-state index in [1.165, 1.54) is 27.6 Å². The molecule has 0 bridgehead atoms. The molecule has 156 valence electrons. The third kappa shape index (κ3) is 4.50. The van der Waals surface area contributed by atoms with Gasteiger partial charge in [0.25, 0.3) is 0 Å². The van der Waals surface area contributed by atoms with Crippen LogP contribution < -0.4 is 10.0 Å². The van der Waals surface area contributed by atoms with Gasteiger partial charge >= 0.3 is 0 Å². The molecule has 3 aromatic rings. The van der Waals surface area contributed by atoms with Crippen LogP contribution in [0, 0.1) is 6.92 Å². The Morgan fingerprint density at radius 3 is 2.27 bits per heavy atom. The van der Waals surface area contributed by atoms with Crippen molar-refractivity contribution in [2.45, 2.75) is 45.2 Å². The van der Waals surface area contributed by atoms with Crippen molar-refractivity contribution in [3.63, 3.8) is 0 Å². The number of aryl methyl sites for hydroxylation is 1. The second-order valence-corrected chi connectivity index (χ2v) is 9.44. The molecule has 0 aliphatic carbocycles. The van der Waals surface area contributed by atoms with E-state index in [0.29, 0.717) is 8.58 Å². The molecule has 0 aromatic heterocycles. The zero-order valence-corrected chi connectivity index (χ0v) is 19.4. The summed E-state index contributed by atoms with van der Waals surface area (Å²) in [5.74, 6) is 0.985. The summed E-state index contributed by atoms with van der Waals surface area (Å²) >= 11 is 0. The molecule has 3 aromatic carbocycles. The topological polar surface area (TPSA) is 26.3 Å². The van der Waals surface area contributed by atoms with Gasteiger partial charge in [-0.15, -0.1) is 0 Å². The number of carbonyl (C=O) groups is 1. The molecule has 1 unspecified atom stereocenters. The molecule has 0 spiro atoms. The Morgan fingerprint density at radius 1 is 0.933 bits per heavy atom. The highest BCUT2D eigenvalue weighted by Crippen LogP contribution is 2.51. The molecular weight excluding hydrogens is 387 g/mol. The number of para-hydroxylation sites is 1. The summed E-state index contributed by atoms with van der Waals surface area (Å²) in [6, 6.07) is 23.1. The Labute approximate surface area is 182 Å². The number of benzene rings is 3. The number of methoxy groups -OCH3 is 1. The average Bonchev–Trinajstić information content (AvgIpc) is 2.79. The highest BCUT2D eigenvalue weighted by Gasteiger charge is 2.33.